The van der Waals surface area contributed by atoms with Gasteiger partial charge in [0.1, 0.15) is 12.4 Å². The molecule has 3 nitrogen and oxygen atoms in total. The van der Waals surface area contributed by atoms with Crippen molar-refractivity contribution >= 4 is 12.3 Å². The van der Waals surface area contributed by atoms with Gasteiger partial charge in [0.05, 0.1) is 0 Å². The van der Waals surface area contributed by atoms with Gasteiger partial charge in [0.15, 0.2) is 0 Å². The summed E-state index contributed by atoms with van der Waals surface area (Å²) >= 11 is 0. The predicted octanol–water partition coefficient (Wildman–Crippen LogP) is 7.92. The molecule has 0 aromatic rings. The second-order valence-electron chi connectivity index (χ2n) is 15.5. The minimum atomic E-state index is -0.138. The van der Waals surface area contributed by atoms with Crippen molar-refractivity contribution in [1.82, 2.24) is 0 Å². The van der Waals surface area contributed by atoms with E-state index in [9.17, 15) is 9.59 Å². The molecule has 0 aromatic heterocycles. The van der Waals surface area contributed by atoms with E-state index in [0.717, 1.165) is 44.9 Å². The van der Waals surface area contributed by atoms with Crippen molar-refractivity contribution in [2.75, 3.05) is 0 Å². The second-order valence-corrected chi connectivity index (χ2v) is 15.5. The molecule has 5 rings (SSSR count). The van der Waals surface area contributed by atoms with Gasteiger partial charge < -0.3 is 9.53 Å². The van der Waals surface area contributed by atoms with Crippen molar-refractivity contribution in [3.05, 3.63) is 11.6 Å². The SMILES string of the molecule is CC(=O)O[C@H]1CC[C@@]2(C)[C@H](CC[C@]3(C)[C@@H]2CC=C2[C@H]4CC(C)(C)CC[C@]4(C=O)CC[C@]23C)C1(C)C. The summed E-state index contributed by atoms with van der Waals surface area (Å²) in [6, 6.07) is 0. The molecule has 196 valence electrons. The lowest BCUT2D eigenvalue weighted by molar-refractivity contribution is -0.211. The summed E-state index contributed by atoms with van der Waals surface area (Å²) < 4.78 is 5.89. The van der Waals surface area contributed by atoms with E-state index in [1.54, 1.807) is 12.5 Å². The maximum absolute atomic E-state index is 12.6. The van der Waals surface area contributed by atoms with E-state index in [1.807, 2.05) is 0 Å². The second kappa shape index (κ2) is 7.70. The molecular weight excluding hydrogens is 432 g/mol. The van der Waals surface area contributed by atoms with Gasteiger partial charge in [-0.1, -0.05) is 60.1 Å². The van der Waals surface area contributed by atoms with Crippen molar-refractivity contribution in [2.24, 2.45) is 50.2 Å². The highest BCUT2D eigenvalue weighted by atomic mass is 16.5. The molecule has 0 radical (unpaired) electrons. The minimum Gasteiger partial charge on any atom is -0.462 e. The fraction of sp³-hybridized carbons (Fsp3) is 0.875. The number of aldehydes is 1. The van der Waals surface area contributed by atoms with Crippen LogP contribution in [0.4, 0.5) is 0 Å². The Kier molecular flexibility index (Phi) is 5.62. The number of fused-ring (bicyclic) bond motifs is 7. The summed E-state index contributed by atoms with van der Waals surface area (Å²) in [4.78, 5) is 24.5. The zero-order valence-electron chi connectivity index (χ0n) is 23.8. The van der Waals surface area contributed by atoms with E-state index in [4.69, 9.17) is 4.74 Å². The number of carbonyl (C=O) groups is 2. The average molecular weight is 483 g/mol. The lowest BCUT2D eigenvalue weighted by atomic mass is 9.33. The molecule has 35 heavy (non-hydrogen) atoms. The summed E-state index contributed by atoms with van der Waals surface area (Å²) in [5.41, 5.74) is 2.51. The van der Waals surface area contributed by atoms with Crippen LogP contribution in [-0.2, 0) is 14.3 Å². The van der Waals surface area contributed by atoms with E-state index in [-0.39, 0.29) is 39.1 Å². The van der Waals surface area contributed by atoms with E-state index in [0.29, 0.717) is 23.2 Å². The Hall–Kier alpha value is -1.12. The number of carbonyl (C=O) groups excluding carboxylic acids is 2. The molecule has 0 amide bonds. The fourth-order valence-corrected chi connectivity index (χ4v) is 10.9. The number of hydrogen-bond donors (Lipinski definition) is 0. The molecule has 3 heteroatoms. The molecule has 8 atom stereocenters. The zero-order chi connectivity index (χ0) is 25.7. The van der Waals surface area contributed by atoms with Crippen LogP contribution in [0.1, 0.15) is 120 Å². The minimum absolute atomic E-state index is 0.00245. The summed E-state index contributed by atoms with van der Waals surface area (Å²) in [7, 11) is 0. The van der Waals surface area contributed by atoms with Crippen LogP contribution >= 0.6 is 0 Å². The third kappa shape index (κ3) is 3.34. The van der Waals surface area contributed by atoms with Gasteiger partial charge in [-0.25, -0.2) is 0 Å². The van der Waals surface area contributed by atoms with Crippen molar-refractivity contribution in [1.29, 1.82) is 0 Å². The number of rotatable bonds is 2. The van der Waals surface area contributed by atoms with Gasteiger partial charge in [-0.2, -0.15) is 0 Å². The maximum atomic E-state index is 12.6. The summed E-state index contributed by atoms with van der Waals surface area (Å²) in [6.45, 7) is 18.9. The molecule has 5 aliphatic carbocycles. The molecule has 0 aliphatic heterocycles. The standard InChI is InChI=1S/C32H50O3/c1-21(34)35-26-12-13-29(6)24(28(26,4)5)11-14-31(8)25(29)10-9-22-23-19-27(2,3)15-17-32(23,20-33)18-16-30(22,31)7/h9,20,23-26H,10-19H2,1-8H3/t23-,24-,25-,26+,29+,30-,31-,32-/m1/s1. The van der Waals surface area contributed by atoms with Crippen LogP contribution in [0, 0.1) is 50.2 Å². The fourth-order valence-electron chi connectivity index (χ4n) is 10.9. The van der Waals surface area contributed by atoms with E-state index in [2.05, 4.69) is 54.5 Å². The largest absolute Gasteiger partial charge is 0.462 e. The van der Waals surface area contributed by atoms with E-state index < -0.39 is 0 Å². The number of esters is 1. The Morgan fingerprint density at radius 3 is 2.26 bits per heavy atom. The Balaban J connectivity index is 1.54. The topological polar surface area (TPSA) is 43.4 Å². The molecular formula is C32H50O3. The van der Waals surface area contributed by atoms with Crippen molar-refractivity contribution < 1.29 is 14.3 Å². The first-order chi connectivity index (χ1) is 16.2. The Labute approximate surface area is 214 Å². The van der Waals surface area contributed by atoms with Crippen LogP contribution in [0.2, 0.25) is 0 Å². The van der Waals surface area contributed by atoms with Crippen LogP contribution in [0.5, 0.6) is 0 Å². The highest BCUT2D eigenvalue weighted by Crippen LogP contribution is 2.75. The number of allylic oxidation sites excluding steroid dienone is 2. The van der Waals surface area contributed by atoms with Crippen LogP contribution < -0.4 is 0 Å². The lowest BCUT2D eigenvalue weighted by Gasteiger charge is -2.71. The van der Waals surface area contributed by atoms with Gasteiger partial charge in [0, 0.05) is 17.8 Å². The average Bonchev–Trinajstić information content (AvgIpc) is 2.76. The highest BCUT2D eigenvalue weighted by Gasteiger charge is 2.68. The molecule has 5 aliphatic rings. The molecule has 0 N–H and O–H groups in total. The molecule has 0 bridgehead atoms. The quantitative estimate of drug-likeness (QED) is 0.228. The van der Waals surface area contributed by atoms with Crippen LogP contribution in [0.25, 0.3) is 0 Å². The van der Waals surface area contributed by atoms with Crippen LogP contribution in [-0.4, -0.2) is 18.4 Å². The predicted molar refractivity (Wildman–Crippen MR) is 141 cm³/mol. The van der Waals surface area contributed by atoms with Gasteiger partial charge in [0.2, 0.25) is 0 Å². The molecule has 0 heterocycles. The maximum Gasteiger partial charge on any atom is 0.302 e. The number of ether oxygens (including phenoxy) is 1. The Morgan fingerprint density at radius 2 is 1.60 bits per heavy atom. The summed E-state index contributed by atoms with van der Waals surface area (Å²) in [5.74, 6) is 1.49. The molecule has 4 saturated carbocycles. The van der Waals surface area contributed by atoms with Crippen LogP contribution in [0.15, 0.2) is 11.6 Å². The van der Waals surface area contributed by atoms with Gasteiger partial charge in [-0.05, 0) is 104 Å². The molecule has 0 aromatic carbocycles. The monoisotopic (exact) mass is 482 g/mol. The van der Waals surface area contributed by atoms with Gasteiger partial charge >= 0.3 is 5.97 Å². The molecule has 4 fully saturated rings. The summed E-state index contributed by atoms with van der Waals surface area (Å²) in [5, 5.41) is 0. The lowest BCUT2D eigenvalue weighted by Crippen LogP contribution is -2.65. The molecule has 0 unspecified atom stereocenters. The summed E-state index contributed by atoms with van der Waals surface area (Å²) in [6.07, 6.45) is 15.4. The van der Waals surface area contributed by atoms with Crippen LogP contribution in [0.3, 0.4) is 0 Å². The third-order valence-corrected chi connectivity index (χ3v) is 13.2. The van der Waals surface area contributed by atoms with E-state index in [1.165, 1.54) is 25.5 Å². The van der Waals surface area contributed by atoms with E-state index >= 15 is 0 Å². The zero-order valence-corrected chi connectivity index (χ0v) is 23.8. The van der Waals surface area contributed by atoms with Gasteiger partial charge in [-0.15, -0.1) is 0 Å². The van der Waals surface area contributed by atoms with Crippen molar-refractivity contribution in [3.8, 4) is 0 Å². The first-order valence-corrected chi connectivity index (χ1v) is 14.5. The van der Waals surface area contributed by atoms with Crippen molar-refractivity contribution in [3.63, 3.8) is 0 Å². The first kappa shape index (κ1) is 25.5. The van der Waals surface area contributed by atoms with Gasteiger partial charge in [0.25, 0.3) is 0 Å². The Morgan fingerprint density at radius 1 is 0.914 bits per heavy atom. The third-order valence-electron chi connectivity index (χ3n) is 13.2. The Bertz CT molecular complexity index is 944. The number of hydrogen-bond acceptors (Lipinski definition) is 3. The first-order valence-electron chi connectivity index (χ1n) is 14.5. The molecule has 0 saturated heterocycles. The van der Waals surface area contributed by atoms with Crippen molar-refractivity contribution in [2.45, 2.75) is 126 Å². The molecule has 0 spiro atoms. The van der Waals surface area contributed by atoms with Gasteiger partial charge in [-0.3, -0.25) is 4.79 Å². The smallest absolute Gasteiger partial charge is 0.302 e. The highest BCUT2D eigenvalue weighted by molar-refractivity contribution is 5.66. The normalized spacial score (nSPS) is 49.9.